The van der Waals surface area contributed by atoms with E-state index in [1.807, 2.05) is 18.5 Å². The summed E-state index contributed by atoms with van der Waals surface area (Å²) in [5.74, 6) is 0. The van der Waals surface area contributed by atoms with E-state index in [-0.39, 0.29) is 0 Å². The van der Waals surface area contributed by atoms with Gasteiger partial charge >= 0.3 is 0 Å². The van der Waals surface area contributed by atoms with Crippen molar-refractivity contribution in [1.82, 2.24) is 9.97 Å². The van der Waals surface area contributed by atoms with Gasteiger partial charge in [0.2, 0.25) is 0 Å². The van der Waals surface area contributed by atoms with Crippen molar-refractivity contribution in [3.63, 3.8) is 0 Å². The van der Waals surface area contributed by atoms with Crippen molar-refractivity contribution in [3.8, 4) is 22.3 Å². The molecule has 0 aliphatic heterocycles. The lowest BCUT2D eigenvalue weighted by atomic mass is 9.90. The molecule has 0 aliphatic rings. The monoisotopic (exact) mass is 532 g/mol. The molecular weight excluding hydrogens is 508 g/mol. The van der Waals surface area contributed by atoms with Crippen molar-refractivity contribution in [3.05, 3.63) is 146 Å². The highest BCUT2D eigenvalue weighted by molar-refractivity contribution is 6.18. The minimum atomic E-state index is 0.939. The number of fused-ring (bicyclic) bond motifs is 9. The van der Waals surface area contributed by atoms with Crippen LogP contribution in [0.5, 0.6) is 0 Å². The third-order valence-corrected chi connectivity index (χ3v) is 8.71. The molecule has 194 valence electrons. The quantitative estimate of drug-likeness (QED) is 0.207. The smallest absolute Gasteiger partial charge is 0.0964 e. The van der Waals surface area contributed by atoms with Gasteiger partial charge in [0.1, 0.15) is 0 Å². The zero-order chi connectivity index (χ0) is 27.6. The second-order valence-corrected chi connectivity index (χ2v) is 11.0. The first-order valence-corrected chi connectivity index (χ1v) is 14.3. The Morgan fingerprint density at radius 3 is 1.74 bits per heavy atom. The lowest BCUT2D eigenvalue weighted by molar-refractivity contribution is 1.37. The van der Waals surface area contributed by atoms with Gasteiger partial charge in [-0.3, -0.25) is 9.97 Å². The number of hydrogen-bond donors (Lipinski definition) is 0. The van der Waals surface area contributed by atoms with E-state index in [1.54, 1.807) is 0 Å². The minimum Gasteiger partial charge on any atom is -0.254 e. The predicted octanol–water partition coefficient (Wildman–Crippen LogP) is 10.7. The van der Waals surface area contributed by atoms with E-state index in [0.29, 0.717) is 0 Å². The molecule has 2 heterocycles. The Bertz CT molecular complexity index is 2530. The molecule has 9 aromatic rings. The number of pyridine rings is 2. The Kier molecular flexibility index (Phi) is 4.93. The molecule has 42 heavy (non-hydrogen) atoms. The van der Waals surface area contributed by atoms with Crippen molar-refractivity contribution in [2.45, 2.75) is 0 Å². The molecule has 2 heteroatoms. The van der Waals surface area contributed by atoms with E-state index in [2.05, 4.69) is 132 Å². The molecule has 2 nitrogen and oxygen atoms in total. The fourth-order valence-electron chi connectivity index (χ4n) is 6.68. The molecule has 7 aromatic carbocycles. The van der Waals surface area contributed by atoms with Gasteiger partial charge in [-0.05, 0) is 78.0 Å². The van der Waals surface area contributed by atoms with Crippen molar-refractivity contribution < 1.29 is 0 Å². The summed E-state index contributed by atoms with van der Waals surface area (Å²) in [6.07, 6.45) is 3.82. The van der Waals surface area contributed by atoms with Crippen molar-refractivity contribution in [1.29, 1.82) is 0 Å². The van der Waals surface area contributed by atoms with Gasteiger partial charge < -0.3 is 0 Å². The Labute approximate surface area is 242 Å². The van der Waals surface area contributed by atoms with Crippen LogP contribution in [-0.4, -0.2) is 9.97 Å². The summed E-state index contributed by atoms with van der Waals surface area (Å²) in [5.41, 5.74) is 6.63. The molecule has 0 fully saturated rings. The number of rotatable bonds is 2. The van der Waals surface area contributed by atoms with Crippen molar-refractivity contribution in [2.75, 3.05) is 0 Å². The van der Waals surface area contributed by atoms with Crippen LogP contribution in [0.15, 0.2) is 146 Å². The molecule has 0 spiro atoms. The normalized spacial score (nSPS) is 11.8. The molecule has 0 aliphatic carbocycles. The Balaban J connectivity index is 1.20. The second-order valence-electron chi connectivity index (χ2n) is 11.0. The fraction of sp³-hybridized carbons (Fsp3) is 0. The third kappa shape index (κ3) is 3.45. The summed E-state index contributed by atoms with van der Waals surface area (Å²) in [4.78, 5) is 9.48. The van der Waals surface area contributed by atoms with Gasteiger partial charge in [-0.1, -0.05) is 115 Å². The van der Waals surface area contributed by atoms with Crippen LogP contribution in [0.25, 0.3) is 87.1 Å². The van der Waals surface area contributed by atoms with E-state index in [9.17, 15) is 0 Å². The standard InChI is InChI=1S/C40H24N2/c1-2-8-31-25(6-1)13-17-38-32-16-14-27(22-28(32)15-18-37(31)38)33-19-20-34(36-10-4-3-9-35(33)36)30-23-29-12-11-26-7-5-21-41-39(26)40(29)42-24-30/h1-24H. The first kappa shape index (κ1) is 23.1. The summed E-state index contributed by atoms with van der Waals surface area (Å²) in [6.45, 7) is 0. The van der Waals surface area contributed by atoms with Crippen LogP contribution < -0.4 is 0 Å². The van der Waals surface area contributed by atoms with Gasteiger partial charge in [-0.25, -0.2) is 0 Å². The molecule has 0 amide bonds. The average molecular weight is 533 g/mol. The number of nitrogens with zero attached hydrogens (tertiary/aromatic N) is 2. The third-order valence-electron chi connectivity index (χ3n) is 8.71. The first-order valence-electron chi connectivity index (χ1n) is 14.3. The van der Waals surface area contributed by atoms with E-state index < -0.39 is 0 Å². The van der Waals surface area contributed by atoms with Crippen molar-refractivity contribution in [2.24, 2.45) is 0 Å². The molecule has 2 aromatic heterocycles. The van der Waals surface area contributed by atoms with Crippen LogP contribution in [0.4, 0.5) is 0 Å². The average Bonchev–Trinajstić information content (AvgIpc) is 3.07. The van der Waals surface area contributed by atoms with Gasteiger partial charge in [-0.15, -0.1) is 0 Å². The number of benzene rings is 7. The maximum atomic E-state index is 4.89. The van der Waals surface area contributed by atoms with Crippen molar-refractivity contribution >= 4 is 64.9 Å². The van der Waals surface area contributed by atoms with Gasteiger partial charge in [0.15, 0.2) is 0 Å². The maximum Gasteiger partial charge on any atom is 0.0964 e. The molecule has 0 saturated carbocycles. The zero-order valence-corrected chi connectivity index (χ0v) is 22.8. The lowest BCUT2D eigenvalue weighted by Crippen LogP contribution is -1.89. The highest BCUT2D eigenvalue weighted by Gasteiger charge is 2.13. The molecule has 0 atom stereocenters. The van der Waals surface area contributed by atoms with Crippen LogP contribution in [0.2, 0.25) is 0 Å². The zero-order valence-electron chi connectivity index (χ0n) is 22.8. The highest BCUT2D eigenvalue weighted by atomic mass is 14.7. The van der Waals surface area contributed by atoms with Gasteiger partial charge in [0, 0.05) is 28.7 Å². The summed E-state index contributed by atoms with van der Waals surface area (Å²) < 4.78 is 0. The van der Waals surface area contributed by atoms with Gasteiger partial charge in [0.25, 0.3) is 0 Å². The molecular formula is C40H24N2. The number of aromatic nitrogens is 2. The second kappa shape index (κ2) is 8.95. The van der Waals surface area contributed by atoms with Gasteiger partial charge in [-0.2, -0.15) is 0 Å². The van der Waals surface area contributed by atoms with E-state index in [1.165, 1.54) is 59.8 Å². The molecule has 0 bridgehead atoms. The van der Waals surface area contributed by atoms with Crippen LogP contribution in [-0.2, 0) is 0 Å². The molecule has 9 rings (SSSR count). The van der Waals surface area contributed by atoms with Crippen LogP contribution in [0.3, 0.4) is 0 Å². The molecule has 0 N–H and O–H groups in total. The Morgan fingerprint density at radius 2 is 0.905 bits per heavy atom. The minimum absolute atomic E-state index is 0.939. The summed E-state index contributed by atoms with van der Waals surface area (Å²) in [7, 11) is 0. The van der Waals surface area contributed by atoms with Crippen LogP contribution in [0, 0.1) is 0 Å². The van der Waals surface area contributed by atoms with Gasteiger partial charge in [0.05, 0.1) is 11.0 Å². The Morgan fingerprint density at radius 1 is 0.333 bits per heavy atom. The first-order chi connectivity index (χ1) is 20.8. The molecule has 0 saturated heterocycles. The largest absolute Gasteiger partial charge is 0.254 e. The maximum absolute atomic E-state index is 4.89. The summed E-state index contributed by atoms with van der Waals surface area (Å²) in [6, 6.07) is 48.3. The summed E-state index contributed by atoms with van der Waals surface area (Å²) in [5, 5.41) is 12.4. The van der Waals surface area contributed by atoms with Crippen LogP contribution >= 0.6 is 0 Å². The summed E-state index contributed by atoms with van der Waals surface area (Å²) >= 11 is 0. The SMILES string of the molecule is c1ccc2c(c1)ccc1c3ccc(-c4ccc(-c5cnc6c(ccc7cccnc76)c5)c5ccccc45)cc3ccc21. The van der Waals surface area contributed by atoms with E-state index >= 15 is 0 Å². The van der Waals surface area contributed by atoms with E-state index in [0.717, 1.165) is 27.4 Å². The topological polar surface area (TPSA) is 25.8 Å². The highest BCUT2D eigenvalue weighted by Crippen LogP contribution is 2.39. The fourth-order valence-corrected chi connectivity index (χ4v) is 6.68. The molecule has 0 radical (unpaired) electrons. The molecule has 0 unspecified atom stereocenters. The predicted molar refractivity (Wildman–Crippen MR) is 178 cm³/mol. The Hall–Kier alpha value is -5.60. The van der Waals surface area contributed by atoms with Crippen LogP contribution in [0.1, 0.15) is 0 Å². The lowest BCUT2D eigenvalue weighted by Gasteiger charge is -2.14. The number of hydrogen-bond acceptors (Lipinski definition) is 2. The van der Waals surface area contributed by atoms with E-state index in [4.69, 9.17) is 4.98 Å².